The largest absolute Gasteiger partial charge is 0.492 e. The fourth-order valence-corrected chi connectivity index (χ4v) is 4.56. The number of sulfonamides is 1. The number of anilines is 1. The lowest BCUT2D eigenvalue weighted by molar-refractivity contribution is -0.122. The maximum atomic E-state index is 12.7. The van der Waals surface area contributed by atoms with Crippen LogP contribution in [0.1, 0.15) is 32.3 Å². The molecule has 0 radical (unpaired) electrons. The molecule has 0 aliphatic rings. The fourth-order valence-electron chi connectivity index (χ4n) is 3.18. The highest BCUT2D eigenvalue weighted by Gasteiger charge is 2.31. The minimum atomic E-state index is -3.69. The van der Waals surface area contributed by atoms with E-state index in [1.807, 2.05) is 24.3 Å². The average molecular weight is 453 g/mol. The van der Waals surface area contributed by atoms with Gasteiger partial charge in [-0.25, -0.2) is 8.42 Å². The highest BCUT2D eigenvalue weighted by molar-refractivity contribution is 7.92. The summed E-state index contributed by atoms with van der Waals surface area (Å²) in [4.78, 5) is 12.7. The van der Waals surface area contributed by atoms with Crippen molar-refractivity contribution in [1.82, 2.24) is 5.32 Å². The highest BCUT2D eigenvalue weighted by atomic mass is 35.5. The van der Waals surface area contributed by atoms with Crippen LogP contribution in [0, 0.1) is 0 Å². The summed E-state index contributed by atoms with van der Waals surface area (Å²) < 4.78 is 31.6. The van der Waals surface area contributed by atoms with E-state index < -0.39 is 16.1 Å². The van der Waals surface area contributed by atoms with E-state index in [2.05, 4.69) is 12.2 Å². The number of hydrogen-bond acceptors (Lipinski definition) is 4. The zero-order valence-electron chi connectivity index (χ0n) is 17.6. The van der Waals surface area contributed by atoms with E-state index in [-0.39, 0.29) is 19.1 Å². The van der Waals surface area contributed by atoms with Crippen molar-refractivity contribution in [1.29, 1.82) is 0 Å². The van der Waals surface area contributed by atoms with Gasteiger partial charge in [-0.3, -0.25) is 9.10 Å². The van der Waals surface area contributed by atoms with E-state index in [0.717, 1.165) is 29.2 Å². The fraction of sp³-hybridized carbons (Fsp3) is 0.409. The molecular formula is C22H29ClN2O4S. The Balaban J connectivity index is 1.98. The molecule has 0 aliphatic heterocycles. The van der Waals surface area contributed by atoms with Gasteiger partial charge < -0.3 is 10.1 Å². The number of amides is 1. The van der Waals surface area contributed by atoms with Crippen LogP contribution in [-0.4, -0.2) is 39.8 Å². The van der Waals surface area contributed by atoms with E-state index in [0.29, 0.717) is 17.1 Å². The van der Waals surface area contributed by atoms with Crippen molar-refractivity contribution in [2.24, 2.45) is 0 Å². The molecular weight excluding hydrogens is 424 g/mol. The molecule has 164 valence electrons. The van der Waals surface area contributed by atoms with E-state index in [1.165, 1.54) is 11.6 Å². The molecule has 1 atom stereocenters. The smallest absolute Gasteiger partial charge is 0.244 e. The number of hydrogen-bond donors (Lipinski definition) is 1. The molecule has 0 aliphatic carbocycles. The third kappa shape index (κ3) is 6.92. The first kappa shape index (κ1) is 24.0. The molecule has 8 heteroatoms. The lowest BCUT2D eigenvalue weighted by atomic mass is 10.1. The number of nitrogens with zero attached hydrogens (tertiary/aromatic N) is 1. The van der Waals surface area contributed by atoms with Gasteiger partial charge in [0.15, 0.2) is 0 Å². The van der Waals surface area contributed by atoms with Gasteiger partial charge in [-0.05, 0) is 48.7 Å². The van der Waals surface area contributed by atoms with Crippen LogP contribution in [0.3, 0.4) is 0 Å². The molecule has 0 saturated carbocycles. The first-order valence-corrected chi connectivity index (χ1v) is 12.2. The molecule has 2 aromatic rings. The molecule has 1 amide bonds. The van der Waals surface area contributed by atoms with Crippen molar-refractivity contribution >= 4 is 33.2 Å². The lowest BCUT2D eigenvalue weighted by Crippen LogP contribution is -2.50. The average Bonchev–Trinajstić information content (AvgIpc) is 2.69. The van der Waals surface area contributed by atoms with Gasteiger partial charge in [0, 0.05) is 5.02 Å². The first-order valence-electron chi connectivity index (χ1n) is 10.0. The SMILES string of the molecule is CCCc1ccc(OCCNC(=O)[C@@H](CC)N(c2cccc(Cl)c2)S(C)(=O)=O)cc1. The number of ether oxygens (including phenoxy) is 1. The second-order valence-corrected chi connectivity index (χ2v) is 9.29. The third-order valence-electron chi connectivity index (χ3n) is 4.52. The summed E-state index contributed by atoms with van der Waals surface area (Å²) in [7, 11) is -3.69. The molecule has 2 rings (SSSR count). The van der Waals surface area contributed by atoms with Crippen LogP contribution in [0.25, 0.3) is 0 Å². The van der Waals surface area contributed by atoms with Crippen LogP contribution in [0.5, 0.6) is 5.75 Å². The Morgan fingerprint density at radius 3 is 2.43 bits per heavy atom. The summed E-state index contributed by atoms with van der Waals surface area (Å²) in [5.74, 6) is 0.345. The molecule has 30 heavy (non-hydrogen) atoms. The minimum absolute atomic E-state index is 0.263. The summed E-state index contributed by atoms with van der Waals surface area (Å²) in [6.45, 7) is 4.44. The normalized spacial score (nSPS) is 12.3. The standard InChI is InChI=1S/C22H29ClN2O4S/c1-4-7-17-10-12-20(13-11-17)29-15-14-24-22(26)21(5-2)25(30(3,27)28)19-9-6-8-18(23)16-19/h6,8-13,16,21H,4-5,7,14-15H2,1-3H3,(H,24,26)/t21-/m1/s1. The molecule has 1 N–H and O–H groups in total. The maximum absolute atomic E-state index is 12.7. The molecule has 0 heterocycles. The third-order valence-corrected chi connectivity index (χ3v) is 5.94. The Kier molecular flexibility index (Phi) is 8.99. The minimum Gasteiger partial charge on any atom is -0.492 e. The molecule has 2 aromatic carbocycles. The summed E-state index contributed by atoms with van der Waals surface area (Å²) in [5, 5.41) is 3.17. The van der Waals surface area contributed by atoms with Crippen LogP contribution < -0.4 is 14.4 Å². The number of aryl methyl sites for hydroxylation is 1. The van der Waals surface area contributed by atoms with E-state index in [4.69, 9.17) is 16.3 Å². The summed E-state index contributed by atoms with van der Waals surface area (Å²) in [6, 6.07) is 13.4. The first-order chi connectivity index (χ1) is 14.3. The van der Waals surface area contributed by atoms with Crippen molar-refractivity contribution in [3.8, 4) is 5.75 Å². The van der Waals surface area contributed by atoms with Gasteiger partial charge in [-0.15, -0.1) is 0 Å². The highest BCUT2D eigenvalue weighted by Crippen LogP contribution is 2.25. The van der Waals surface area contributed by atoms with Crippen molar-refractivity contribution in [3.63, 3.8) is 0 Å². The van der Waals surface area contributed by atoms with Crippen LogP contribution in [0.4, 0.5) is 5.69 Å². The van der Waals surface area contributed by atoms with Crippen LogP contribution in [0.15, 0.2) is 48.5 Å². The van der Waals surface area contributed by atoms with Gasteiger partial charge in [0.1, 0.15) is 18.4 Å². The van der Waals surface area contributed by atoms with E-state index in [9.17, 15) is 13.2 Å². The molecule has 6 nitrogen and oxygen atoms in total. The Labute approximate surface area is 184 Å². The van der Waals surface area contributed by atoms with Crippen molar-refractivity contribution < 1.29 is 17.9 Å². The van der Waals surface area contributed by atoms with Crippen LogP contribution in [0.2, 0.25) is 5.02 Å². The number of carbonyl (C=O) groups excluding carboxylic acids is 1. The molecule has 0 bridgehead atoms. The quantitative estimate of drug-likeness (QED) is 0.522. The topological polar surface area (TPSA) is 75.7 Å². The second-order valence-electron chi connectivity index (χ2n) is 7.00. The van der Waals surface area contributed by atoms with Gasteiger partial charge in [-0.2, -0.15) is 0 Å². The van der Waals surface area contributed by atoms with Crippen LogP contribution >= 0.6 is 11.6 Å². The molecule has 0 fully saturated rings. The molecule has 0 unspecified atom stereocenters. The summed E-state index contributed by atoms with van der Waals surface area (Å²) >= 11 is 6.02. The summed E-state index contributed by atoms with van der Waals surface area (Å²) in [5.41, 5.74) is 1.61. The van der Waals surface area contributed by atoms with Gasteiger partial charge >= 0.3 is 0 Å². The number of nitrogens with one attached hydrogen (secondary N) is 1. The van der Waals surface area contributed by atoms with Gasteiger partial charge in [0.25, 0.3) is 0 Å². The van der Waals surface area contributed by atoms with Crippen molar-refractivity contribution in [3.05, 3.63) is 59.1 Å². The Hall–Kier alpha value is -2.25. The zero-order valence-corrected chi connectivity index (χ0v) is 19.2. The number of benzene rings is 2. The Morgan fingerprint density at radius 2 is 1.87 bits per heavy atom. The zero-order chi connectivity index (χ0) is 22.1. The van der Waals surface area contributed by atoms with Crippen molar-refractivity contribution in [2.45, 2.75) is 39.2 Å². The Bertz CT molecular complexity index is 932. The van der Waals surface area contributed by atoms with Gasteiger partial charge in [0.2, 0.25) is 15.9 Å². The monoisotopic (exact) mass is 452 g/mol. The molecule has 0 spiro atoms. The van der Waals surface area contributed by atoms with Gasteiger partial charge in [0.05, 0.1) is 18.5 Å². The van der Waals surface area contributed by atoms with E-state index >= 15 is 0 Å². The summed E-state index contributed by atoms with van der Waals surface area (Å²) in [6.07, 6.45) is 3.50. The Morgan fingerprint density at radius 1 is 1.17 bits per heavy atom. The van der Waals surface area contributed by atoms with Crippen molar-refractivity contribution in [2.75, 3.05) is 23.7 Å². The predicted molar refractivity (Wildman–Crippen MR) is 122 cm³/mol. The second kappa shape index (κ2) is 11.2. The maximum Gasteiger partial charge on any atom is 0.244 e. The number of carbonyl (C=O) groups is 1. The van der Waals surface area contributed by atoms with E-state index in [1.54, 1.807) is 25.1 Å². The molecule has 0 aromatic heterocycles. The lowest BCUT2D eigenvalue weighted by Gasteiger charge is -2.30. The predicted octanol–water partition coefficient (Wildman–Crippen LogP) is 4.03. The number of rotatable bonds is 11. The van der Waals surface area contributed by atoms with Gasteiger partial charge in [-0.1, -0.05) is 50.1 Å². The molecule has 0 saturated heterocycles. The number of halogens is 1. The van der Waals surface area contributed by atoms with Crippen LogP contribution in [-0.2, 0) is 21.2 Å².